The van der Waals surface area contributed by atoms with Crippen LogP contribution in [0.1, 0.15) is 22.3 Å². The SMILES string of the molecule is O=C(Nc1ccncc1)c1cc(F)ccc1C#CCCO. The minimum atomic E-state index is -0.511. The molecule has 1 amide bonds. The summed E-state index contributed by atoms with van der Waals surface area (Å²) >= 11 is 0. The number of aliphatic hydroxyl groups excluding tert-OH is 1. The van der Waals surface area contributed by atoms with Gasteiger partial charge < -0.3 is 10.4 Å². The molecule has 21 heavy (non-hydrogen) atoms. The number of pyridine rings is 1. The Morgan fingerprint density at radius 2 is 2.05 bits per heavy atom. The molecule has 0 aliphatic carbocycles. The molecule has 1 aromatic carbocycles. The van der Waals surface area contributed by atoms with E-state index in [9.17, 15) is 9.18 Å². The van der Waals surface area contributed by atoms with E-state index in [-0.39, 0.29) is 12.2 Å². The fraction of sp³-hybridized carbons (Fsp3) is 0.125. The van der Waals surface area contributed by atoms with Gasteiger partial charge in [-0.05, 0) is 30.3 Å². The maximum Gasteiger partial charge on any atom is 0.257 e. The lowest BCUT2D eigenvalue weighted by Crippen LogP contribution is -2.14. The number of anilines is 1. The van der Waals surface area contributed by atoms with E-state index in [0.29, 0.717) is 17.7 Å². The summed E-state index contributed by atoms with van der Waals surface area (Å²) in [6.07, 6.45) is 3.38. The molecule has 2 N–H and O–H groups in total. The second-order valence-corrected chi connectivity index (χ2v) is 4.16. The van der Waals surface area contributed by atoms with E-state index in [0.717, 1.165) is 6.07 Å². The second-order valence-electron chi connectivity index (χ2n) is 4.16. The van der Waals surface area contributed by atoms with Gasteiger partial charge >= 0.3 is 0 Å². The zero-order valence-corrected chi connectivity index (χ0v) is 11.1. The molecule has 0 radical (unpaired) electrons. The van der Waals surface area contributed by atoms with Crippen molar-refractivity contribution in [3.8, 4) is 11.8 Å². The Bertz CT molecular complexity index is 690. The van der Waals surface area contributed by atoms with Gasteiger partial charge in [0.25, 0.3) is 5.91 Å². The molecule has 5 heteroatoms. The summed E-state index contributed by atoms with van der Waals surface area (Å²) in [5, 5.41) is 11.4. The summed E-state index contributed by atoms with van der Waals surface area (Å²) in [7, 11) is 0. The topological polar surface area (TPSA) is 62.2 Å². The van der Waals surface area contributed by atoms with Crippen LogP contribution in [0, 0.1) is 17.7 Å². The lowest BCUT2D eigenvalue weighted by Gasteiger charge is -2.07. The Balaban J connectivity index is 2.27. The first-order chi connectivity index (χ1) is 10.2. The smallest absolute Gasteiger partial charge is 0.257 e. The van der Waals surface area contributed by atoms with Crippen LogP contribution in [0.5, 0.6) is 0 Å². The Morgan fingerprint density at radius 1 is 1.29 bits per heavy atom. The number of nitrogens with zero attached hydrogens (tertiary/aromatic N) is 1. The third-order valence-corrected chi connectivity index (χ3v) is 2.62. The Morgan fingerprint density at radius 3 is 2.76 bits per heavy atom. The number of halogens is 1. The number of aromatic nitrogens is 1. The largest absolute Gasteiger partial charge is 0.395 e. The fourth-order valence-electron chi connectivity index (χ4n) is 1.66. The van der Waals surface area contributed by atoms with Crippen LogP contribution >= 0.6 is 0 Å². The van der Waals surface area contributed by atoms with Crippen LogP contribution in [-0.2, 0) is 0 Å². The van der Waals surface area contributed by atoms with Gasteiger partial charge in [-0.2, -0.15) is 0 Å². The van der Waals surface area contributed by atoms with Gasteiger partial charge in [-0.15, -0.1) is 0 Å². The van der Waals surface area contributed by atoms with Crippen LogP contribution in [0.4, 0.5) is 10.1 Å². The molecular formula is C16H13FN2O2. The summed E-state index contributed by atoms with van der Waals surface area (Å²) in [5.74, 6) is 4.51. The normalized spacial score (nSPS) is 9.62. The first kappa shape index (κ1) is 14.7. The highest BCUT2D eigenvalue weighted by Gasteiger charge is 2.11. The van der Waals surface area contributed by atoms with Crippen LogP contribution in [0.15, 0.2) is 42.7 Å². The number of amides is 1. The van der Waals surface area contributed by atoms with Crippen LogP contribution in [-0.4, -0.2) is 22.6 Å². The summed E-state index contributed by atoms with van der Waals surface area (Å²) in [4.78, 5) is 16.1. The monoisotopic (exact) mass is 284 g/mol. The van der Waals surface area contributed by atoms with E-state index >= 15 is 0 Å². The Hall–Kier alpha value is -2.71. The van der Waals surface area contributed by atoms with Gasteiger partial charge in [0.1, 0.15) is 5.82 Å². The minimum Gasteiger partial charge on any atom is -0.395 e. The summed E-state index contributed by atoms with van der Waals surface area (Å²) in [6.45, 7) is -0.0628. The van der Waals surface area contributed by atoms with Gasteiger partial charge in [-0.3, -0.25) is 9.78 Å². The summed E-state index contributed by atoms with van der Waals surface area (Å²) in [5.41, 5.74) is 1.13. The molecule has 0 saturated heterocycles. The molecule has 4 nitrogen and oxygen atoms in total. The predicted octanol–water partition coefficient (Wildman–Crippen LogP) is 2.21. The van der Waals surface area contributed by atoms with Gasteiger partial charge in [-0.1, -0.05) is 11.8 Å². The highest BCUT2D eigenvalue weighted by Crippen LogP contribution is 2.13. The lowest BCUT2D eigenvalue weighted by molar-refractivity contribution is 0.102. The molecule has 2 rings (SSSR count). The predicted molar refractivity (Wildman–Crippen MR) is 77.2 cm³/mol. The highest BCUT2D eigenvalue weighted by atomic mass is 19.1. The van der Waals surface area contributed by atoms with Crippen molar-refractivity contribution in [2.75, 3.05) is 11.9 Å². The molecule has 0 spiro atoms. The van der Waals surface area contributed by atoms with Crippen molar-refractivity contribution in [1.82, 2.24) is 4.98 Å². The van der Waals surface area contributed by atoms with Crippen LogP contribution in [0.3, 0.4) is 0 Å². The molecule has 0 saturated carbocycles. The number of carbonyl (C=O) groups is 1. The maximum absolute atomic E-state index is 13.4. The molecule has 2 aromatic rings. The van der Waals surface area contributed by atoms with E-state index in [2.05, 4.69) is 22.1 Å². The molecule has 0 aliphatic heterocycles. The molecule has 1 heterocycles. The van der Waals surface area contributed by atoms with E-state index in [4.69, 9.17) is 5.11 Å². The first-order valence-corrected chi connectivity index (χ1v) is 6.31. The zero-order valence-electron chi connectivity index (χ0n) is 11.1. The maximum atomic E-state index is 13.4. The van der Waals surface area contributed by atoms with E-state index < -0.39 is 11.7 Å². The van der Waals surface area contributed by atoms with Gasteiger partial charge in [0.05, 0.1) is 12.2 Å². The standard InChI is InChI=1S/C16H13FN2O2/c17-13-5-4-12(3-1-2-10-20)15(11-13)16(21)19-14-6-8-18-9-7-14/h4-9,11,20H,2,10H2,(H,18,19,21). The third-order valence-electron chi connectivity index (χ3n) is 2.62. The molecule has 0 unspecified atom stereocenters. The first-order valence-electron chi connectivity index (χ1n) is 6.31. The average Bonchev–Trinajstić information content (AvgIpc) is 2.50. The number of carbonyl (C=O) groups excluding carboxylic acids is 1. The van der Waals surface area contributed by atoms with Crippen LogP contribution < -0.4 is 5.32 Å². The molecule has 106 valence electrons. The van der Waals surface area contributed by atoms with Crippen molar-refractivity contribution < 1.29 is 14.3 Å². The Labute approximate surface area is 121 Å². The van der Waals surface area contributed by atoms with E-state index in [1.807, 2.05) is 0 Å². The third kappa shape index (κ3) is 4.13. The summed E-state index contributed by atoms with van der Waals surface area (Å²) in [6, 6.07) is 7.09. The molecular weight excluding hydrogens is 271 g/mol. The van der Waals surface area contributed by atoms with Gasteiger partial charge in [0.15, 0.2) is 0 Å². The van der Waals surface area contributed by atoms with E-state index in [1.54, 1.807) is 24.5 Å². The quantitative estimate of drug-likeness (QED) is 0.849. The molecule has 0 bridgehead atoms. The van der Waals surface area contributed by atoms with Crippen molar-refractivity contribution in [3.05, 3.63) is 59.7 Å². The van der Waals surface area contributed by atoms with Crippen LogP contribution in [0.2, 0.25) is 0 Å². The molecule has 1 aromatic heterocycles. The molecule has 0 aliphatic rings. The number of nitrogens with one attached hydrogen (secondary N) is 1. The Kier molecular flexibility index (Phi) is 5.02. The molecule has 0 fully saturated rings. The lowest BCUT2D eigenvalue weighted by atomic mass is 10.1. The van der Waals surface area contributed by atoms with Crippen molar-refractivity contribution in [2.24, 2.45) is 0 Å². The van der Waals surface area contributed by atoms with Crippen molar-refractivity contribution in [1.29, 1.82) is 0 Å². The van der Waals surface area contributed by atoms with Crippen molar-refractivity contribution in [2.45, 2.75) is 6.42 Å². The number of benzene rings is 1. The van der Waals surface area contributed by atoms with Crippen LogP contribution in [0.25, 0.3) is 0 Å². The van der Waals surface area contributed by atoms with Gasteiger partial charge in [-0.25, -0.2) is 4.39 Å². The van der Waals surface area contributed by atoms with Crippen molar-refractivity contribution >= 4 is 11.6 Å². The minimum absolute atomic E-state index is 0.0628. The number of aliphatic hydroxyl groups is 1. The fourth-order valence-corrected chi connectivity index (χ4v) is 1.66. The van der Waals surface area contributed by atoms with Gasteiger partial charge in [0, 0.05) is 30.1 Å². The molecule has 0 atom stereocenters. The summed E-state index contributed by atoms with van der Waals surface area (Å²) < 4.78 is 13.4. The highest BCUT2D eigenvalue weighted by molar-refractivity contribution is 6.05. The number of rotatable bonds is 3. The number of hydrogen-bond donors (Lipinski definition) is 2. The average molecular weight is 284 g/mol. The number of hydrogen-bond acceptors (Lipinski definition) is 3. The second kappa shape index (κ2) is 7.17. The van der Waals surface area contributed by atoms with E-state index in [1.165, 1.54) is 12.1 Å². The zero-order chi connectivity index (χ0) is 15.1. The van der Waals surface area contributed by atoms with Crippen molar-refractivity contribution in [3.63, 3.8) is 0 Å². The van der Waals surface area contributed by atoms with Gasteiger partial charge in [0.2, 0.25) is 0 Å².